The minimum absolute atomic E-state index is 0.187. The number of anilines is 1. The second-order valence-corrected chi connectivity index (χ2v) is 3.81. The molecule has 2 N–H and O–H groups in total. The Hall–Kier alpha value is -2.64. The molecular formula is C10H11N7O. The van der Waals surface area contributed by atoms with Gasteiger partial charge in [-0.2, -0.15) is 5.10 Å². The summed E-state index contributed by atoms with van der Waals surface area (Å²) in [6.45, 7) is 0.968. The topological polar surface area (TPSA) is 96.0 Å². The number of hydrogen-bond donors (Lipinski definition) is 1. The molecule has 0 atom stereocenters. The molecule has 3 aromatic heterocycles. The summed E-state index contributed by atoms with van der Waals surface area (Å²) in [7, 11) is 0. The molecule has 0 amide bonds. The first-order valence-electron chi connectivity index (χ1n) is 5.42. The van der Waals surface area contributed by atoms with E-state index >= 15 is 0 Å². The normalized spacial score (nSPS) is 11.1. The number of aryl methyl sites for hydroxylation is 2. The predicted octanol–water partition coefficient (Wildman–Crippen LogP) is -0.630. The molecule has 92 valence electrons. The summed E-state index contributed by atoms with van der Waals surface area (Å²) >= 11 is 0. The van der Waals surface area contributed by atoms with Crippen molar-refractivity contribution in [1.82, 2.24) is 28.9 Å². The van der Waals surface area contributed by atoms with Gasteiger partial charge in [-0.05, 0) is 6.07 Å². The molecule has 3 aromatic rings. The van der Waals surface area contributed by atoms with Crippen LogP contribution in [0.5, 0.6) is 0 Å². The molecule has 0 aliphatic rings. The molecule has 0 aromatic carbocycles. The van der Waals surface area contributed by atoms with Crippen molar-refractivity contribution in [3.05, 3.63) is 41.3 Å². The van der Waals surface area contributed by atoms with E-state index in [9.17, 15) is 4.79 Å². The van der Waals surface area contributed by atoms with Crippen LogP contribution in [0.2, 0.25) is 0 Å². The molecule has 3 rings (SSSR count). The van der Waals surface area contributed by atoms with Crippen LogP contribution in [0.1, 0.15) is 0 Å². The zero-order chi connectivity index (χ0) is 12.5. The van der Waals surface area contributed by atoms with Crippen LogP contribution in [-0.2, 0) is 13.1 Å². The molecule has 0 bridgehead atoms. The maximum absolute atomic E-state index is 11.9. The summed E-state index contributed by atoms with van der Waals surface area (Å²) in [6.07, 6.45) is 6.45. The molecule has 0 saturated heterocycles. The van der Waals surface area contributed by atoms with Crippen molar-refractivity contribution in [2.45, 2.75) is 13.1 Å². The van der Waals surface area contributed by atoms with Gasteiger partial charge in [0.25, 0.3) is 0 Å². The van der Waals surface area contributed by atoms with Gasteiger partial charge in [-0.3, -0.25) is 9.67 Å². The van der Waals surface area contributed by atoms with E-state index in [0.717, 1.165) is 0 Å². The Kier molecular flexibility index (Phi) is 2.33. The second-order valence-electron chi connectivity index (χ2n) is 3.81. The highest BCUT2D eigenvalue weighted by atomic mass is 16.2. The molecule has 8 nitrogen and oxygen atoms in total. The number of nitrogen functional groups attached to an aromatic ring is 1. The molecule has 0 fully saturated rings. The molecule has 18 heavy (non-hydrogen) atoms. The highest BCUT2D eigenvalue weighted by molar-refractivity contribution is 5.31. The van der Waals surface area contributed by atoms with E-state index in [2.05, 4.69) is 15.2 Å². The fourth-order valence-electron chi connectivity index (χ4n) is 1.72. The van der Waals surface area contributed by atoms with Gasteiger partial charge >= 0.3 is 5.69 Å². The Morgan fingerprint density at radius 3 is 2.83 bits per heavy atom. The third-order valence-electron chi connectivity index (χ3n) is 2.59. The lowest BCUT2D eigenvalue weighted by molar-refractivity contribution is 0.490. The third-order valence-corrected chi connectivity index (χ3v) is 2.59. The van der Waals surface area contributed by atoms with Crippen LogP contribution in [0, 0.1) is 0 Å². The Morgan fingerprint density at radius 1 is 1.22 bits per heavy atom. The smallest absolute Gasteiger partial charge is 0.350 e. The van der Waals surface area contributed by atoms with Crippen LogP contribution < -0.4 is 11.4 Å². The minimum Gasteiger partial charge on any atom is -0.382 e. The average Bonchev–Trinajstić information content (AvgIpc) is 2.92. The van der Waals surface area contributed by atoms with Gasteiger partial charge in [-0.25, -0.2) is 13.9 Å². The van der Waals surface area contributed by atoms with Gasteiger partial charge < -0.3 is 5.73 Å². The van der Waals surface area contributed by atoms with E-state index in [1.54, 1.807) is 35.5 Å². The molecule has 0 aliphatic carbocycles. The van der Waals surface area contributed by atoms with Crippen LogP contribution in [0.15, 0.2) is 35.6 Å². The van der Waals surface area contributed by atoms with E-state index in [-0.39, 0.29) is 5.69 Å². The van der Waals surface area contributed by atoms with Crippen LogP contribution in [0.4, 0.5) is 5.82 Å². The number of rotatable bonds is 3. The van der Waals surface area contributed by atoms with Crippen LogP contribution in [-0.4, -0.2) is 28.9 Å². The zero-order valence-corrected chi connectivity index (χ0v) is 9.47. The first kappa shape index (κ1) is 10.5. The first-order valence-corrected chi connectivity index (χ1v) is 5.42. The molecular weight excluding hydrogens is 234 g/mol. The molecule has 8 heteroatoms. The van der Waals surface area contributed by atoms with Gasteiger partial charge in [0.05, 0.1) is 19.3 Å². The molecule has 0 aliphatic heterocycles. The van der Waals surface area contributed by atoms with Gasteiger partial charge in [0.2, 0.25) is 0 Å². The van der Waals surface area contributed by atoms with Gasteiger partial charge in [-0.1, -0.05) is 0 Å². The zero-order valence-electron chi connectivity index (χ0n) is 9.47. The fraction of sp³-hybridized carbons (Fsp3) is 0.200. The lowest BCUT2D eigenvalue weighted by atomic mass is 10.6. The summed E-state index contributed by atoms with van der Waals surface area (Å²) < 4.78 is 4.50. The van der Waals surface area contributed by atoms with Crippen molar-refractivity contribution in [2.75, 3.05) is 5.73 Å². The summed E-state index contributed by atoms with van der Waals surface area (Å²) in [5.41, 5.74) is 5.85. The number of nitrogens with zero attached hydrogens (tertiary/aromatic N) is 6. The Balaban J connectivity index is 1.87. The summed E-state index contributed by atoms with van der Waals surface area (Å²) in [5, 5.41) is 8.21. The van der Waals surface area contributed by atoms with Crippen molar-refractivity contribution < 1.29 is 0 Å². The Morgan fingerprint density at radius 2 is 2.11 bits per heavy atom. The lowest BCUT2D eigenvalue weighted by Gasteiger charge is -1.99. The number of hydrogen-bond acceptors (Lipinski definition) is 5. The van der Waals surface area contributed by atoms with Crippen molar-refractivity contribution in [2.24, 2.45) is 0 Å². The number of fused-ring (bicyclic) bond motifs is 1. The maximum atomic E-state index is 11.9. The summed E-state index contributed by atoms with van der Waals surface area (Å²) in [5.74, 6) is 0.460. The van der Waals surface area contributed by atoms with Gasteiger partial charge in [-0.15, -0.1) is 5.10 Å². The first-order chi connectivity index (χ1) is 8.74. The average molecular weight is 245 g/mol. The summed E-state index contributed by atoms with van der Waals surface area (Å²) in [4.78, 5) is 15.9. The van der Waals surface area contributed by atoms with Crippen molar-refractivity contribution in [1.29, 1.82) is 0 Å². The molecule has 0 spiro atoms. The standard InChI is InChI=1S/C10H11N7O/c11-8-1-3-15(13-8)5-6-17-10(18)16-4-2-12-7-9(16)14-17/h1-4,7H,5-6H2,(H2,11,13). The number of nitrogens with two attached hydrogens (primary N) is 1. The van der Waals surface area contributed by atoms with E-state index < -0.39 is 0 Å². The van der Waals surface area contributed by atoms with E-state index in [0.29, 0.717) is 24.6 Å². The Bertz CT molecular complexity index is 738. The largest absolute Gasteiger partial charge is 0.382 e. The van der Waals surface area contributed by atoms with Crippen LogP contribution in [0.3, 0.4) is 0 Å². The lowest BCUT2D eigenvalue weighted by Crippen LogP contribution is -2.23. The molecule has 3 heterocycles. The van der Waals surface area contributed by atoms with Crippen LogP contribution in [0.25, 0.3) is 5.65 Å². The predicted molar refractivity (Wildman–Crippen MR) is 63.9 cm³/mol. The monoisotopic (exact) mass is 245 g/mol. The minimum atomic E-state index is -0.187. The second kappa shape index (κ2) is 3.99. The SMILES string of the molecule is Nc1ccn(CCn2nc3cnccn3c2=O)n1. The van der Waals surface area contributed by atoms with Crippen molar-refractivity contribution in [3.8, 4) is 0 Å². The Labute approximate surface area is 101 Å². The third kappa shape index (κ3) is 1.73. The highest BCUT2D eigenvalue weighted by Crippen LogP contribution is 1.97. The van der Waals surface area contributed by atoms with Gasteiger partial charge in [0.15, 0.2) is 5.65 Å². The van der Waals surface area contributed by atoms with E-state index in [1.807, 2.05) is 0 Å². The maximum Gasteiger partial charge on any atom is 0.350 e. The van der Waals surface area contributed by atoms with Gasteiger partial charge in [0.1, 0.15) is 5.82 Å². The van der Waals surface area contributed by atoms with E-state index in [1.165, 1.54) is 9.08 Å². The van der Waals surface area contributed by atoms with Crippen molar-refractivity contribution >= 4 is 11.5 Å². The fourth-order valence-corrected chi connectivity index (χ4v) is 1.72. The molecule has 0 unspecified atom stereocenters. The number of aromatic nitrogens is 6. The quantitative estimate of drug-likeness (QED) is 0.662. The molecule has 0 radical (unpaired) electrons. The highest BCUT2D eigenvalue weighted by Gasteiger charge is 2.06. The van der Waals surface area contributed by atoms with Crippen LogP contribution >= 0.6 is 0 Å². The summed E-state index contributed by atoms with van der Waals surface area (Å²) in [6, 6.07) is 1.70. The molecule has 0 saturated carbocycles. The van der Waals surface area contributed by atoms with Crippen molar-refractivity contribution in [3.63, 3.8) is 0 Å². The van der Waals surface area contributed by atoms with E-state index in [4.69, 9.17) is 5.73 Å². The van der Waals surface area contributed by atoms with Gasteiger partial charge in [0, 0.05) is 18.6 Å².